The Balaban J connectivity index is 1.20. The van der Waals surface area contributed by atoms with Crippen LogP contribution in [0.3, 0.4) is 0 Å². The molecule has 0 atom stereocenters. The van der Waals surface area contributed by atoms with Crippen LogP contribution in [0.1, 0.15) is 5.56 Å². The first kappa shape index (κ1) is 40.8. The van der Waals surface area contributed by atoms with Gasteiger partial charge < -0.3 is 27.0 Å². The zero-order valence-electron chi connectivity index (χ0n) is 40.2. The van der Waals surface area contributed by atoms with Crippen LogP contribution in [0.5, 0.6) is 0 Å². The lowest BCUT2D eigenvalue weighted by Gasteiger charge is -2.27. The fourth-order valence-corrected chi connectivity index (χ4v) is 12.8. The Labute approximate surface area is 430 Å². The second-order valence-electron chi connectivity index (χ2n) is 19.6. The predicted molar refractivity (Wildman–Crippen MR) is 308 cm³/mol. The molecule has 6 heterocycles. The first-order chi connectivity index (χ1) is 37.7. The Bertz CT molecular complexity index is 5510. The molecule has 0 aliphatic carbocycles. The van der Waals surface area contributed by atoms with Gasteiger partial charge in [-0.1, -0.05) is 158 Å². The number of fused-ring (bicyclic) bond motifs is 21. The predicted octanol–water partition coefficient (Wildman–Crippen LogP) is 18.8. The molecule has 0 bridgehead atoms. The van der Waals surface area contributed by atoms with Crippen LogP contribution in [0.25, 0.3) is 164 Å². The normalized spacial score (nSPS) is 12.2. The van der Waals surface area contributed by atoms with E-state index in [9.17, 15) is 11.8 Å². The molecule has 0 saturated heterocycles. The van der Waals surface area contributed by atoms with E-state index in [1.807, 2.05) is 84.9 Å². The van der Waals surface area contributed by atoms with Crippen LogP contribution in [0.2, 0.25) is 0 Å². The molecule has 0 spiro atoms. The van der Waals surface area contributed by atoms with Crippen LogP contribution >= 0.6 is 0 Å². The lowest BCUT2D eigenvalue weighted by Crippen LogP contribution is -2.12. The van der Waals surface area contributed by atoms with Crippen LogP contribution in [0.4, 0.5) is 5.69 Å². The molecule has 0 saturated carbocycles. The Kier molecular flexibility index (Phi) is 7.99. The highest BCUT2D eigenvalue weighted by Crippen LogP contribution is 2.54. The first-order valence-electron chi connectivity index (χ1n) is 25.3. The van der Waals surface area contributed by atoms with Gasteiger partial charge in [-0.3, -0.25) is 0 Å². The second-order valence-corrected chi connectivity index (χ2v) is 19.6. The van der Waals surface area contributed by atoms with Crippen molar-refractivity contribution in [1.82, 2.24) is 13.7 Å². The van der Waals surface area contributed by atoms with E-state index in [0.717, 1.165) is 126 Å². The van der Waals surface area contributed by atoms with E-state index < -0.39 is 0 Å². The number of nitrogens with zero attached hydrogens (tertiary/aromatic N) is 5. The van der Waals surface area contributed by atoms with Crippen molar-refractivity contribution in [2.24, 2.45) is 0 Å². The molecule has 0 aliphatic heterocycles. The van der Waals surface area contributed by atoms with Gasteiger partial charge in [-0.25, -0.2) is 4.85 Å². The van der Waals surface area contributed by atoms with E-state index in [1.54, 1.807) is 0 Å². The summed E-state index contributed by atoms with van der Waals surface area (Å²) in [7, 11) is 0. The number of nitriles is 1. The topological polar surface area (TPSA) is 82.4 Å². The van der Waals surface area contributed by atoms with Crippen molar-refractivity contribution in [1.29, 1.82) is 5.26 Å². The third-order valence-corrected chi connectivity index (χ3v) is 15.9. The first-order valence-corrected chi connectivity index (χ1v) is 25.3. The number of benzene rings is 11. The highest BCUT2D eigenvalue weighted by atomic mass is 16.3. The van der Waals surface area contributed by atoms with Gasteiger partial charge in [-0.2, -0.15) is 5.26 Å². The van der Waals surface area contributed by atoms with Crippen LogP contribution < -0.4 is 0 Å². The third-order valence-electron chi connectivity index (χ3n) is 15.9. The van der Waals surface area contributed by atoms with Crippen LogP contribution in [-0.2, 0) is 0 Å². The van der Waals surface area contributed by atoms with Gasteiger partial charge in [0.2, 0.25) is 5.69 Å². The molecule has 0 amide bonds. The fourth-order valence-electron chi connectivity index (χ4n) is 12.8. The van der Waals surface area contributed by atoms with Crippen LogP contribution in [0.15, 0.2) is 226 Å². The summed E-state index contributed by atoms with van der Waals surface area (Å²) in [6.45, 7) is 9.66. The van der Waals surface area contributed by atoms with Crippen molar-refractivity contribution in [2.75, 3.05) is 0 Å². The fraction of sp³-hybridized carbons (Fsp3) is 0. The third kappa shape index (κ3) is 5.14. The van der Waals surface area contributed by atoms with E-state index in [1.165, 1.54) is 0 Å². The summed E-state index contributed by atoms with van der Waals surface area (Å²) in [5, 5.41) is 24.0. The van der Waals surface area contributed by atoms with Crippen molar-refractivity contribution in [3.05, 3.63) is 229 Å². The highest BCUT2D eigenvalue weighted by molar-refractivity contribution is 6.26. The van der Waals surface area contributed by atoms with Gasteiger partial charge in [0.1, 0.15) is 16.7 Å². The maximum atomic E-state index is 12.3. The van der Waals surface area contributed by atoms with Gasteiger partial charge in [0, 0.05) is 70.2 Å². The summed E-state index contributed by atoms with van der Waals surface area (Å²) >= 11 is 0. The Hall–Kier alpha value is -10.8. The van der Waals surface area contributed by atoms with Crippen molar-refractivity contribution < 1.29 is 13.3 Å². The van der Waals surface area contributed by atoms with E-state index in [0.29, 0.717) is 33.8 Å². The summed E-state index contributed by atoms with van der Waals surface area (Å²) in [5.41, 5.74) is 13.1. The largest absolute Gasteiger partial charge is 0.454 e. The molecule has 76 heavy (non-hydrogen) atoms. The van der Waals surface area contributed by atoms with E-state index >= 15 is 0 Å². The Morgan fingerprint density at radius 1 is 0.342 bits per heavy atom. The minimum atomic E-state index is 0.174. The van der Waals surface area contributed by atoms with Gasteiger partial charge in [0.25, 0.3) is 0 Å². The SMILES string of the molecule is [C-]#[N+]c1c(C#N)c(-n2c3ccccc3c3ccc4c5ccccc5oc4c32)c(-c2ccccc2)c(-n2c3ccccc3c3ccc4c5ccccc5oc4c32)c1-n1c2ccccc2c2ccc3c4ccccc4oc3c21. The minimum absolute atomic E-state index is 0.174. The number of hydrogen-bond donors (Lipinski definition) is 0. The number of aromatic nitrogens is 3. The number of para-hydroxylation sites is 6. The molecule has 0 fully saturated rings. The van der Waals surface area contributed by atoms with E-state index in [2.05, 4.69) is 152 Å². The zero-order chi connectivity index (χ0) is 49.9. The molecule has 17 rings (SSSR count). The lowest BCUT2D eigenvalue weighted by atomic mass is 9.93. The lowest BCUT2D eigenvalue weighted by molar-refractivity contribution is 0.670. The van der Waals surface area contributed by atoms with Crippen LogP contribution in [0, 0.1) is 17.9 Å². The van der Waals surface area contributed by atoms with E-state index in [4.69, 9.17) is 13.3 Å². The monoisotopic (exact) mass is 969 g/mol. The molecule has 350 valence electrons. The quantitative estimate of drug-likeness (QED) is 0.165. The molecule has 0 unspecified atom stereocenters. The molecule has 17 aromatic rings. The van der Waals surface area contributed by atoms with Crippen molar-refractivity contribution in [3.63, 3.8) is 0 Å². The average molecular weight is 970 g/mol. The van der Waals surface area contributed by atoms with Crippen molar-refractivity contribution >= 4 is 137 Å². The Morgan fingerprint density at radius 2 is 0.684 bits per heavy atom. The number of hydrogen-bond acceptors (Lipinski definition) is 4. The van der Waals surface area contributed by atoms with Gasteiger partial charge >= 0.3 is 0 Å². The van der Waals surface area contributed by atoms with E-state index in [-0.39, 0.29) is 11.3 Å². The molecule has 6 aromatic heterocycles. The molecule has 11 aromatic carbocycles. The van der Waals surface area contributed by atoms with Gasteiger partial charge in [0.15, 0.2) is 16.7 Å². The zero-order valence-corrected chi connectivity index (χ0v) is 40.2. The molecule has 8 nitrogen and oxygen atoms in total. The smallest absolute Gasteiger partial charge is 0.232 e. The molecule has 0 aliphatic rings. The standard InChI is InChI=1S/C68H35N5O3/c1-70-59-51(37-69)60(71-52-25-11-5-19-39(52)45-31-34-48-42-22-8-14-28-55(42)74-66(48)61(45)71)58(38-17-3-2-4-18-38)64(72-53-26-12-6-20-40(53)46-32-35-49-43-23-9-15-29-56(43)75-67(49)62(46)72)65(59)73-54-27-13-7-21-41(54)47-33-36-50-44-24-10-16-30-57(44)76-68(50)63(47)73/h2-36H. The highest BCUT2D eigenvalue weighted by Gasteiger charge is 2.35. The summed E-state index contributed by atoms with van der Waals surface area (Å²) in [5.74, 6) is 0. The molecule has 0 radical (unpaired) electrons. The molecular weight excluding hydrogens is 935 g/mol. The van der Waals surface area contributed by atoms with Gasteiger partial charge in [0.05, 0.1) is 68.4 Å². The maximum absolute atomic E-state index is 12.3. The molecular formula is C68H35N5O3. The number of furan rings is 3. The summed E-state index contributed by atoms with van der Waals surface area (Å²) in [6.07, 6.45) is 0. The van der Waals surface area contributed by atoms with Crippen LogP contribution in [-0.4, -0.2) is 13.7 Å². The van der Waals surface area contributed by atoms with Crippen molar-refractivity contribution in [3.8, 4) is 34.3 Å². The summed E-state index contributed by atoms with van der Waals surface area (Å²) in [6, 6.07) is 75.6. The molecule has 8 heteroatoms. The molecule has 0 N–H and O–H groups in total. The maximum Gasteiger partial charge on any atom is 0.232 e. The summed E-state index contributed by atoms with van der Waals surface area (Å²) < 4.78 is 27.8. The average Bonchev–Trinajstić information content (AvgIpc) is 4.50. The summed E-state index contributed by atoms with van der Waals surface area (Å²) in [4.78, 5) is 4.63. The minimum Gasteiger partial charge on any atom is -0.454 e. The Morgan fingerprint density at radius 3 is 1.09 bits per heavy atom. The van der Waals surface area contributed by atoms with Gasteiger partial charge in [-0.15, -0.1) is 0 Å². The second kappa shape index (κ2) is 14.9. The van der Waals surface area contributed by atoms with Gasteiger partial charge in [-0.05, 0) is 60.2 Å². The number of rotatable bonds is 4. The van der Waals surface area contributed by atoms with Crippen molar-refractivity contribution in [2.45, 2.75) is 0 Å².